The van der Waals surface area contributed by atoms with Gasteiger partial charge >= 0.3 is 11.9 Å². The largest absolute Gasteiger partial charge is 0.371 e. The average Bonchev–Trinajstić information content (AvgIpc) is 2.47. The molecule has 0 aromatic heterocycles. The minimum Gasteiger partial charge on any atom is -0.371 e. The fourth-order valence-electron chi connectivity index (χ4n) is 1.12. The first-order valence-electron chi connectivity index (χ1n) is 6.41. The summed E-state index contributed by atoms with van der Waals surface area (Å²) in [7, 11) is 0. The summed E-state index contributed by atoms with van der Waals surface area (Å²) in [6.45, 7) is 1.66. The normalized spacial score (nSPS) is 8.19. The topological polar surface area (TPSA) is 52.6 Å². The molecule has 0 rings (SSSR count). The molecule has 21 heavy (non-hydrogen) atoms. The zero-order valence-electron chi connectivity index (χ0n) is 11.9. The first-order chi connectivity index (χ1) is 10.2. The minimum atomic E-state index is -1.05. The van der Waals surface area contributed by atoms with Crippen molar-refractivity contribution in [3.63, 3.8) is 0 Å². The molecule has 4 nitrogen and oxygen atoms in total. The van der Waals surface area contributed by atoms with Crippen molar-refractivity contribution < 1.29 is 19.1 Å². The molecule has 0 bridgehead atoms. The van der Waals surface area contributed by atoms with Gasteiger partial charge in [-0.1, -0.05) is 18.8 Å². The number of esters is 2. The van der Waals surface area contributed by atoms with Gasteiger partial charge in [0.1, 0.15) is 12.2 Å². The van der Waals surface area contributed by atoms with E-state index in [-0.39, 0.29) is 6.42 Å². The van der Waals surface area contributed by atoms with Gasteiger partial charge in [0.2, 0.25) is 0 Å². The number of terminal acetylenes is 2. The summed E-state index contributed by atoms with van der Waals surface area (Å²) in [5.74, 6) is 7.36. The van der Waals surface area contributed by atoms with Gasteiger partial charge in [0.05, 0.1) is 0 Å². The van der Waals surface area contributed by atoms with Crippen LogP contribution in [0.2, 0.25) is 0 Å². The number of carbonyl (C=O) groups excluding carboxylic acids is 2. The second-order valence-corrected chi connectivity index (χ2v) is 3.77. The third kappa shape index (κ3) is 8.83. The molecule has 0 N–H and O–H groups in total. The molecule has 0 aromatic carbocycles. The van der Waals surface area contributed by atoms with Gasteiger partial charge in [0.15, 0.2) is 5.92 Å². The lowest BCUT2D eigenvalue weighted by Crippen LogP contribution is -2.25. The Morgan fingerprint density at radius 1 is 0.905 bits per heavy atom. The second kappa shape index (κ2) is 12.2. The Balaban J connectivity index is 4.33. The number of ether oxygens (including phenoxy) is 2. The first-order valence-corrected chi connectivity index (χ1v) is 6.41. The molecule has 0 unspecified atom stereocenters. The highest BCUT2D eigenvalue weighted by molar-refractivity contribution is 5.95. The van der Waals surface area contributed by atoms with E-state index < -0.39 is 17.9 Å². The summed E-state index contributed by atoms with van der Waals surface area (Å²) in [6, 6.07) is 0. The maximum Gasteiger partial charge on any atom is 0.334 e. The molecule has 0 aliphatic heterocycles. The second-order valence-electron chi connectivity index (χ2n) is 3.77. The van der Waals surface area contributed by atoms with E-state index in [2.05, 4.69) is 45.4 Å². The van der Waals surface area contributed by atoms with Gasteiger partial charge in [-0.3, -0.25) is 9.59 Å². The SMILES string of the molecule is C#CCCC#COC(=O)C(CC)C(=O)OC#CCCC#C. The predicted octanol–water partition coefficient (Wildman–Crippen LogP) is 1.85. The van der Waals surface area contributed by atoms with Gasteiger partial charge in [-0.05, 0) is 6.42 Å². The van der Waals surface area contributed by atoms with Crippen molar-refractivity contribution in [3.05, 3.63) is 0 Å². The summed E-state index contributed by atoms with van der Waals surface area (Å²) in [4.78, 5) is 23.3. The monoisotopic (exact) mass is 284 g/mol. The fraction of sp³-hybridized carbons (Fsp3) is 0.412. The zero-order valence-corrected chi connectivity index (χ0v) is 11.9. The average molecular weight is 284 g/mol. The maximum atomic E-state index is 11.6. The van der Waals surface area contributed by atoms with Crippen molar-refractivity contribution >= 4 is 11.9 Å². The van der Waals surface area contributed by atoms with Crippen LogP contribution in [-0.4, -0.2) is 11.9 Å². The summed E-state index contributed by atoms with van der Waals surface area (Å²) >= 11 is 0. The van der Waals surface area contributed by atoms with E-state index in [4.69, 9.17) is 12.8 Å². The van der Waals surface area contributed by atoms with Crippen LogP contribution >= 0.6 is 0 Å². The zero-order chi connectivity index (χ0) is 15.9. The molecule has 0 amide bonds. The molecule has 108 valence electrons. The van der Waals surface area contributed by atoms with Crippen molar-refractivity contribution in [1.29, 1.82) is 0 Å². The molecular formula is C17H16O4. The lowest BCUT2D eigenvalue weighted by molar-refractivity contribution is -0.154. The van der Waals surface area contributed by atoms with Crippen LogP contribution in [0.3, 0.4) is 0 Å². The van der Waals surface area contributed by atoms with Crippen molar-refractivity contribution in [2.75, 3.05) is 0 Å². The Morgan fingerprint density at radius 2 is 1.33 bits per heavy atom. The van der Waals surface area contributed by atoms with Crippen LogP contribution in [0.15, 0.2) is 0 Å². The highest BCUT2D eigenvalue weighted by Gasteiger charge is 2.27. The van der Waals surface area contributed by atoms with E-state index in [1.807, 2.05) is 0 Å². The lowest BCUT2D eigenvalue weighted by atomic mass is 10.1. The Kier molecular flexibility index (Phi) is 10.6. The predicted molar refractivity (Wildman–Crippen MR) is 77.7 cm³/mol. The maximum absolute atomic E-state index is 11.6. The van der Waals surface area contributed by atoms with E-state index in [1.165, 1.54) is 0 Å². The van der Waals surface area contributed by atoms with Gasteiger partial charge in [-0.15, -0.1) is 24.7 Å². The van der Waals surface area contributed by atoms with Crippen LogP contribution in [-0.2, 0) is 19.1 Å². The number of hydrogen-bond acceptors (Lipinski definition) is 4. The smallest absolute Gasteiger partial charge is 0.334 e. The third-order valence-corrected chi connectivity index (χ3v) is 2.21. The number of hydrogen-bond donors (Lipinski definition) is 0. The molecule has 0 saturated carbocycles. The van der Waals surface area contributed by atoms with Crippen molar-refractivity contribution in [3.8, 4) is 48.7 Å². The van der Waals surface area contributed by atoms with E-state index >= 15 is 0 Å². The van der Waals surface area contributed by atoms with E-state index in [1.54, 1.807) is 6.92 Å². The molecule has 0 saturated heterocycles. The number of carbonyl (C=O) groups is 2. The van der Waals surface area contributed by atoms with Crippen LogP contribution < -0.4 is 0 Å². The molecule has 0 radical (unpaired) electrons. The van der Waals surface area contributed by atoms with Crippen LogP contribution in [0.5, 0.6) is 0 Å². The summed E-state index contributed by atoms with van der Waals surface area (Å²) in [5.41, 5.74) is 0. The van der Waals surface area contributed by atoms with Gasteiger partial charge in [-0.2, -0.15) is 0 Å². The van der Waals surface area contributed by atoms with Crippen molar-refractivity contribution in [1.82, 2.24) is 0 Å². The molecule has 0 aromatic rings. The van der Waals surface area contributed by atoms with Gasteiger partial charge < -0.3 is 9.47 Å². The molecule has 0 aliphatic rings. The van der Waals surface area contributed by atoms with E-state index in [9.17, 15) is 9.59 Å². The Hall–Kier alpha value is -2.82. The summed E-state index contributed by atoms with van der Waals surface area (Å²) in [5, 5.41) is 0. The Bertz CT molecular complexity index is 502. The number of rotatable bonds is 5. The van der Waals surface area contributed by atoms with Gasteiger partial charge in [0.25, 0.3) is 0 Å². The Labute approximate surface area is 125 Å². The molecule has 0 aliphatic carbocycles. The highest BCUT2D eigenvalue weighted by atomic mass is 16.5. The standard InChI is InChI=1S/C17H16O4/c1-4-7-9-11-13-20-16(18)15(6-3)17(19)21-14-12-10-8-5-2/h1-2,15H,6-10H2,3H3. The van der Waals surface area contributed by atoms with Crippen LogP contribution in [0.1, 0.15) is 39.0 Å². The van der Waals surface area contributed by atoms with E-state index in [0.29, 0.717) is 25.7 Å². The lowest BCUT2D eigenvalue weighted by Gasteiger charge is -2.06. The number of unbranched alkanes of at least 4 members (excludes halogenated alkanes) is 2. The van der Waals surface area contributed by atoms with E-state index in [0.717, 1.165) is 0 Å². The van der Waals surface area contributed by atoms with Crippen LogP contribution in [0, 0.1) is 54.7 Å². The minimum absolute atomic E-state index is 0.232. The van der Waals surface area contributed by atoms with Gasteiger partial charge in [0, 0.05) is 25.7 Å². The molecular weight excluding hydrogens is 268 g/mol. The van der Waals surface area contributed by atoms with Crippen LogP contribution in [0.25, 0.3) is 0 Å². The molecule has 4 heteroatoms. The summed E-state index contributed by atoms with van der Waals surface area (Å²) in [6.07, 6.45) is 16.5. The fourth-order valence-corrected chi connectivity index (χ4v) is 1.12. The van der Waals surface area contributed by atoms with Crippen LogP contribution in [0.4, 0.5) is 0 Å². The Morgan fingerprint density at radius 3 is 1.67 bits per heavy atom. The molecule has 0 heterocycles. The molecule has 0 fully saturated rings. The molecule has 0 spiro atoms. The molecule has 0 atom stereocenters. The first kappa shape index (κ1) is 18.2. The van der Waals surface area contributed by atoms with Gasteiger partial charge in [-0.25, -0.2) is 0 Å². The summed E-state index contributed by atoms with van der Waals surface area (Å²) < 4.78 is 9.33. The highest BCUT2D eigenvalue weighted by Crippen LogP contribution is 2.07. The third-order valence-electron chi connectivity index (χ3n) is 2.21. The van der Waals surface area contributed by atoms with Crippen molar-refractivity contribution in [2.24, 2.45) is 5.92 Å². The van der Waals surface area contributed by atoms with Crippen molar-refractivity contribution in [2.45, 2.75) is 39.0 Å². The quantitative estimate of drug-likeness (QED) is 0.334.